The van der Waals surface area contributed by atoms with Crippen LogP contribution in [0.3, 0.4) is 0 Å². The van der Waals surface area contributed by atoms with E-state index in [-0.39, 0.29) is 0 Å². The molecule has 0 saturated carbocycles. The Hall–Kier alpha value is -1.70. The molecule has 2 heterocycles. The lowest BCUT2D eigenvalue weighted by Gasteiger charge is -2.09. The molecular weight excluding hydrogens is 162 g/mol. The van der Waals surface area contributed by atoms with Crippen LogP contribution in [0.2, 0.25) is 0 Å². The highest BCUT2D eigenvalue weighted by Gasteiger charge is 2.08. The molecule has 0 spiro atoms. The van der Waals surface area contributed by atoms with E-state index >= 15 is 0 Å². The maximum absolute atomic E-state index is 5.22. The molecule has 0 fully saturated rings. The van der Waals surface area contributed by atoms with E-state index < -0.39 is 0 Å². The van der Waals surface area contributed by atoms with E-state index in [1.807, 2.05) is 6.20 Å². The number of hydrogen-bond acceptors (Lipinski definition) is 1. The van der Waals surface area contributed by atoms with E-state index in [1.54, 1.807) is 6.26 Å². The highest BCUT2D eigenvalue weighted by atomic mass is 16.5. The third-order valence-electron chi connectivity index (χ3n) is 2.37. The molecule has 0 bridgehead atoms. The Morgan fingerprint density at radius 1 is 1.23 bits per heavy atom. The van der Waals surface area contributed by atoms with Gasteiger partial charge in [-0.3, -0.25) is 0 Å². The van der Waals surface area contributed by atoms with Gasteiger partial charge in [-0.25, -0.2) is 0 Å². The molecule has 2 aromatic rings. The normalized spacial score (nSPS) is 14.2. The third kappa shape index (κ3) is 0.886. The zero-order chi connectivity index (χ0) is 8.67. The van der Waals surface area contributed by atoms with Crippen molar-refractivity contribution in [2.75, 3.05) is 0 Å². The summed E-state index contributed by atoms with van der Waals surface area (Å²) in [6, 6.07) is 10.5. The Morgan fingerprint density at radius 3 is 3.15 bits per heavy atom. The van der Waals surface area contributed by atoms with Crippen LogP contribution in [-0.2, 0) is 11.3 Å². The molecule has 13 heavy (non-hydrogen) atoms. The molecule has 0 amide bonds. The van der Waals surface area contributed by atoms with Crippen molar-refractivity contribution in [1.29, 1.82) is 0 Å². The Morgan fingerprint density at radius 2 is 2.15 bits per heavy atom. The second kappa shape index (κ2) is 2.39. The fourth-order valence-electron chi connectivity index (χ4n) is 1.76. The molecule has 1 aromatic carbocycles. The molecule has 0 atom stereocenters. The minimum atomic E-state index is 0.672. The average molecular weight is 171 g/mol. The molecule has 0 saturated heterocycles. The first kappa shape index (κ1) is 6.78. The molecule has 0 N–H and O–H groups in total. The first-order valence-corrected chi connectivity index (χ1v) is 4.32. The summed E-state index contributed by atoms with van der Waals surface area (Å²) in [7, 11) is 0. The van der Waals surface area contributed by atoms with Crippen molar-refractivity contribution in [2.24, 2.45) is 0 Å². The van der Waals surface area contributed by atoms with E-state index in [9.17, 15) is 0 Å². The summed E-state index contributed by atoms with van der Waals surface area (Å²) in [6.45, 7) is 0.672. The summed E-state index contributed by atoms with van der Waals surface area (Å²) < 4.78 is 7.39. The fraction of sp³-hybridized carbons (Fsp3) is 0.0909. The lowest BCUT2D eigenvalue weighted by atomic mass is 10.2. The summed E-state index contributed by atoms with van der Waals surface area (Å²) in [5.74, 6) is 0. The van der Waals surface area contributed by atoms with Gasteiger partial charge < -0.3 is 9.30 Å². The number of nitrogens with zero attached hydrogens (tertiary/aromatic N) is 1. The summed E-state index contributed by atoms with van der Waals surface area (Å²) in [6.07, 6.45) is 3.70. The van der Waals surface area contributed by atoms with Crippen molar-refractivity contribution in [3.05, 3.63) is 42.3 Å². The minimum Gasteiger partial charge on any atom is -0.493 e. The van der Waals surface area contributed by atoms with Gasteiger partial charge in [0, 0.05) is 11.6 Å². The predicted octanol–water partition coefficient (Wildman–Crippen LogP) is 2.60. The number of rotatable bonds is 0. The van der Waals surface area contributed by atoms with Crippen LogP contribution in [0.25, 0.3) is 17.1 Å². The van der Waals surface area contributed by atoms with Crippen LogP contribution in [0, 0.1) is 0 Å². The lowest BCUT2D eigenvalue weighted by Crippen LogP contribution is -2.00. The number of fused-ring (bicyclic) bond motifs is 3. The number of aromatic nitrogens is 1. The van der Waals surface area contributed by atoms with E-state index in [0.717, 1.165) is 0 Å². The molecule has 0 unspecified atom stereocenters. The molecular formula is C11H9NO. The van der Waals surface area contributed by atoms with Crippen LogP contribution >= 0.6 is 0 Å². The van der Waals surface area contributed by atoms with Gasteiger partial charge in [0.25, 0.3) is 0 Å². The summed E-state index contributed by atoms with van der Waals surface area (Å²) >= 11 is 0. The third-order valence-corrected chi connectivity index (χ3v) is 2.37. The first-order chi connectivity index (χ1) is 6.45. The Kier molecular flexibility index (Phi) is 1.25. The van der Waals surface area contributed by atoms with Crippen LogP contribution in [0.1, 0.15) is 5.69 Å². The van der Waals surface area contributed by atoms with E-state index in [1.165, 1.54) is 16.6 Å². The fourth-order valence-corrected chi connectivity index (χ4v) is 1.76. The highest BCUT2D eigenvalue weighted by Crippen LogP contribution is 2.22. The maximum Gasteiger partial charge on any atom is 0.128 e. The zero-order valence-corrected chi connectivity index (χ0v) is 7.10. The van der Waals surface area contributed by atoms with Gasteiger partial charge in [0.15, 0.2) is 0 Å². The van der Waals surface area contributed by atoms with Gasteiger partial charge in [-0.05, 0) is 12.1 Å². The Bertz CT molecular complexity index is 482. The molecule has 2 heteroatoms. The predicted molar refractivity (Wildman–Crippen MR) is 52.1 cm³/mol. The lowest BCUT2D eigenvalue weighted by molar-refractivity contribution is 0.225. The van der Waals surface area contributed by atoms with Gasteiger partial charge in [-0.15, -0.1) is 0 Å². The van der Waals surface area contributed by atoms with Crippen LogP contribution in [0.15, 0.2) is 36.6 Å². The van der Waals surface area contributed by atoms with Crippen molar-refractivity contribution in [3.63, 3.8) is 0 Å². The van der Waals surface area contributed by atoms with Crippen molar-refractivity contribution in [3.8, 4) is 0 Å². The van der Waals surface area contributed by atoms with E-state index in [2.05, 4.69) is 34.9 Å². The van der Waals surface area contributed by atoms with Crippen molar-refractivity contribution in [2.45, 2.75) is 6.61 Å². The number of para-hydroxylation sites is 1. The average Bonchev–Trinajstić information content (AvgIpc) is 2.56. The van der Waals surface area contributed by atoms with Crippen molar-refractivity contribution >= 4 is 17.1 Å². The van der Waals surface area contributed by atoms with E-state index in [4.69, 9.17) is 4.74 Å². The Labute approximate surface area is 76.0 Å². The maximum atomic E-state index is 5.22. The molecule has 1 aromatic heterocycles. The summed E-state index contributed by atoms with van der Waals surface area (Å²) in [5, 5.41) is 1.27. The highest BCUT2D eigenvalue weighted by molar-refractivity contribution is 5.83. The SMILES string of the molecule is C1=Cn2c(cc3ccccc32)CO1. The van der Waals surface area contributed by atoms with Gasteiger partial charge in [-0.1, -0.05) is 18.2 Å². The van der Waals surface area contributed by atoms with Gasteiger partial charge in [-0.2, -0.15) is 0 Å². The van der Waals surface area contributed by atoms with Crippen LogP contribution in [0.4, 0.5) is 0 Å². The molecule has 2 nitrogen and oxygen atoms in total. The monoisotopic (exact) mass is 171 g/mol. The molecule has 64 valence electrons. The van der Waals surface area contributed by atoms with Gasteiger partial charge >= 0.3 is 0 Å². The van der Waals surface area contributed by atoms with Crippen molar-refractivity contribution < 1.29 is 4.74 Å². The molecule has 1 aliphatic rings. The largest absolute Gasteiger partial charge is 0.493 e. The second-order valence-corrected chi connectivity index (χ2v) is 3.16. The summed E-state index contributed by atoms with van der Waals surface area (Å²) in [5.41, 5.74) is 2.46. The van der Waals surface area contributed by atoms with Crippen LogP contribution in [-0.4, -0.2) is 4.57 Å². The topological polar surface area (TPSA) is 14.2 Å². The molecule has 0 aliphatic carbocycles. The Balaban J connectivity index is 2.42. The second-order valence-electron chi connectivity index (χ2n) is 3.16. The zero-order valence-electron chi connectivity index (χ0n) is 7.10. The van der Waals surface area contributed by atoms with Crippen LogP contribution in [0.5, 0.6) is 0 Å². The van der Waals surface area contributed by atoms with E-state index in [0.29, 0.717) is 6.61 Å². The summed E-state index contributed by atoms with van der Waals surface area (Å²) in [4.78, 5) is 0. The first-order valence-electron chi connectivity index (χ1n) is 4.32. The van der Waals surface area contributed by atoms with Gasteiger partial charge in [0.05, 0.1) is 11.2 Å². The van der Waals surface area contributed by atoms with Gasteiger partial charge in [0.2, 0.25) is 0 Å². The van der Waals surface area contributed by atoms with Crippen molar-refractivity contribution in [1.82, 2.24) is 4.57 Å². The molecule has 1 aliphatic heterocycles. The standard InChI is InChI=1S/C11H9NO/c1-2-4-11-9(3-1)7-10-8-13-6-5-12(10)11/h1-7H,8H2. The quantitative estimate of drug-likeness (QED) is 0.594. The number of hydrogen-bond donors (Lipinski definition) is 0. The number of benzene rings is 1. The van der Waals surface area contributed by atoms with Crippen LogP contribution < -0.4 is 0 Å². The molecule has 3 rings (SSSR count). The molecule has 0 radical (unpaired) electrons. The number of ether oxygens (including phenoxy) is 1. The minimum absolute atomic E-state index is 0.672. The van der Waals surface area contributed by atoms with Gasteiger partial charge in [0.1, 0.15) is 12.9 Å². The smallest absolute Gasteiger partial charge is 0.128 e.